The Balaban J connectivity index is 3.23. The molecule has 4 nitrogen and oxygen atoms in total. The van der Waals surface area contributed by atoms with Crippen LogP contribution in [0, 0.1) is 13.8 Å². The monoisotopic (exact) mass is 287 g/mol. The number of hydrogen-bond donors (Lipinski definition) is 3. The fraction of sp³-hybridized carbons (Fsp3) is 0.364. The number of rotatable bonds is 3. The fourth-order valence-electron chi connectivity index (χ4n) is 1.71. The van der Waals surface area contributed by atoms with Crippen molar-refractivity contribution < 1.29 is 15.0 Å². The Hall–Kier alpha value is -1.07. The zero-order chi connectivity index (χ0) is 12.5. The van der Waals surface area contributed by atoms with Gasteiger partial charge in [-0.1, -0.05) is 15.9 Å². The number of phenols is 1. The lowest BCUT2D eigenvalue weighted by Crippen LogP contribution is -2.16. The van der Waals surface area contributed by atoms with E-state index in [1.807, 2.05) is 6.92 Å². The van der Waals surface area contributed by atoms with E-state index in [9.17, 15) is 9.90 Å². The van der Waals surface area contributed by atoms with Crippen molar-refractivity contribution >= 4 is 21.9 Å². The Morgan fingerprint density at radius 3 is 2.62 bits per heavy atom. The Morgan fingerprint density at radius 1 is 1.56 bits per heavy atom. The Bertz CT molecular complexity index is 432. The molecule has 0 aliphatic carbocycles. The lowest BCUT2D eigenvalue weighted by molar-refractivity contribution is -0.137. The molecular weight excluding hydrogens is 274 g/mol. The second-order valence-electron chi connectivity index (χ2n) is 3.77. The molecule has 0 heterocycles. The standard InChI is InChI=1S/C11H14BrNO3/c1-5-3-8(14)10(6(2)11(5)12)7(13)4-9(15)16/h3,7,14H,4,13H2,1-2H3,(H,15,16). The van der Waals surface area contributed by atoms with Crippen molar-refractivity contribution in [3.8, 4) is 5.75 Å². The molecule has 4 N–H and O–H groups in total. The van der Waals surface area contributed by atoms with Gasteiger partial charge in [0.2, 0.25) is 0 Å². The molecule has 5 heteroatoms. The predicted octanol–water partition coefficient (Wildman–Crippen LogP) is 2.25. The van der Waals surface area contributed by atoms with Gasteiger partial charge in [0.25, 0.3) is 0 Å². The molecule has 1 rings (SSSR count). The molecule has 0 aromatic heterocycles. The van der Waals surface area contributed by atoms with E-state index in [1.54, 1.807) is 13.0 Å². The van der Waals surface area contributed by atoms with Gasteiger partial charge in [0.1, 0.15) is 5.75 Å². The third-order valence-corrected chi connectivity index (χ3v) is 3.69. The molecule has 1 aromatic rings. The van der Waals surface area contributed by atoms with E-state index in [2.05, 4.69) is 15.9 Å². The summed E-state index contributed by atoms with van der Waals surface area (Å²) in [5, 5.41) is 18.5. The van der Waals surface area contributed by atoms with Crippen molar-refractivity contribution in [2.75, 3.05) is 0 Å². The van der Waals surface area contributed by atoms with Gasteiger partial charge in [0, 0.05) is 16.1 Å². The third kappa shape index (κ3) is 2.54. The minimum atomic E-state index is -0.983. The average molecular weight is 288 g/mol. The zero-order valence-electron chi connectivity index (χ0n) is 9.12. The summed E-state index contributed by atoms with van der Waals surface area (Å²) in [6.45, 7) is 3.65. The quantitative estimate of drug-likeness (QED) is 0.796. The lowest BCUT2D eigenvalue weighted by Gasteiger charge is -2.17. The number of phenolic OH excluding ortho intramolecular Hbond substituents is 1. The first-order chi connectivity index (χ1) is 7.34. The van der Waals surface area contributed by atoms with Crippen LogP contribution in [0.15, 0.2) is 10.5 Å². The minimum Gasteiger partial charge on any atom is -0.508 e. The number of carbonyl (C=O) groups is 1. The van der Waals surface area contributed by atoms with Crippen LogP contribution in [0.5, 0.6) is 5.75 Å². The lowest BCUT2D eigenvalue weighted by atomic mass is 9.96. The maximum absolute atomic E-state index is 10.6. The van der Waals surface area contributed by atoms with E-state index in [-0.39, 0.29) is 12.2 Å². The molecule has 0 aliphatic heterocycles. The van der Waals surface area contributed by atoms with E-state index in [4.69, 9.17) is 10.8 Å². The molecule has 1 atom stereocenters. The van der Waals surface area contributed by atoms with E-state index in [0.29, 0.717) is 5.56 Å². The highest BCUT2D eigenvalue weighted by Gasteiger charge is 2.19. The highest BCUT2D eigenvalue weighted by atomic mass is 79.9. The topological polar surface area (TPSA) is 83.5 Å². The number of aliphatic carboxylic acids is 1. The van der Waals surface area contributed by atoms with Crippen LogP contribution in [-0.2, 0) is 4.79 Å². The number of halogens is 1. The van der Waals surface area contributed by atoms with Crippen LogP contribution in [0.2, 0.25) is 0 Å². The SMILES string of the molecule is Cc1cc(O)c(C(N)CC(=O)O)c(C)c1Br. The van der Waals surface area contributed by atoms with Gasteiger partial charge in [-0.25, -0.2) is 0 Å². The fourth-order valence-corrected chi connectivity index (χ4v) is 2.04. The molecule has 0 bridgehead atoms. The molecule has 1 unspecified atom stereocenters. The van der Waals surface area contributed by atoms with Crippen molar-refractivity contribution in [1.82, 2.24) is 0 Å². The summed E-state index contributed by atoms with van der Waals surface area (Å²) in [7, 11) is 0. The first kappa shape index (κ1) is 13.0. The molecule has 0 saturated carbocycles. The molecule has 16 heavy (non-hydrogen) atoms. The van der Waals surface area contributed by atoms with Crippen molar-refractivity contribution in [2.24, 2.45) is 5.73 Å². The summed E-state index contributed by atoms with van der Waals surface area (Å²) in [4.78, 5) is 10.6. The van der Waals surface area contributed by atoms with Gasteiger partial charge < -0.3 is 15.9 Å². The summed E-state index contributed by atoms with van der Waals surface area (Å²) < 4.78 is 0.848. The van der Waals surface area contributed by atoms with Gasteiger partial charge in [-0.3, -0.25) is 4.79 Å². The van der Waals surface area contributed by atoms with Crippen LogP contribution < -0.4 is 5.73 Å². The Kier molecular flexibility index (Phi) is 3.93. The minimum absolute atomic E-state index is 0.0481. The van der Waals surface area contributed by atoms with E-state index >= 15 is 0 Å². The van der Waals surface area contributed by atoms with E-state index in [0.717, 1.165) is 15.6 Å². The smallest absolute Gasteiger partial charge is 0.305 e. The summed E-state index contributed by atoms with van der Waals surface area (Å²) in [6, 6.07) is 0.878. The normalized spacial score (nSPS) is 12.5. The Labute approximate surface area is 102 Å². The number of aromatic hydroxyl groups is 1. The van der Waals surface area contributed by atoms with Crippen molar-refractivity contribution in [2.45, 2.75) is 26.3 Å². The molecule has 0 aliphatic rings. The summed E-state index contributed by atoms with van der Waals surface area (Å²) >= 11 is 3.38. The largest absolute Gasteiger partial charge is 0.508 e. The van der Waals surface area contributed by atoms with Gasteiger partial charge in [-0.2, -0.15) is 0 Å². The van der Waals surface area contributed by atoms with Crippen molar-refractivity contribution in [1.29, 1.82) is 0 Å². The maximum atomic E-state index is 10.6. The van der Waals surface area contributed by atoms with Crippen LogP contribution in [0.1, 0.15) is 29.2 Å². The molecule has 0 spiro atoms. The Morgan fingerprint density at radius 2 is 2.12 bits per heavy atom. The van der Waals surface area contributed by atoms with Crippen LogP contribution >= 0.6 is 15.9 Å². The second kappa shape index (κ2) is 4.84. The molecule has 0 radical (unpaired) electrons. The number of benzene rings is 1. The molecule has 88 valence electrons. The van der Waals surface area contributed by atoms with Gasteiger partial charge >= 0.3 is 5.97 Å². The van der Waals surface area contributed by atoms with Gasteiger partial charge in [-0.05, 0) is 31.0 Å². The molecular formula is C11H14BrNO3. The van der Waals surface area contributed by atoms with Crippen LogP contribution in [-0.4, -0.2) is 16.2 Å². The number of hydrogen-bond acceptors (Lipinski definition) is 3. The summed E-state index contributed by atoms with van der Waals surface area (Å²) in [5.41, 5.74) is 7.91. The van der Waals surface area contributed by atoms with Crippen LogP contribution in [0.4, 0.5) is 0 Å². The van der Waals surface area contributed by atoms with Crippen LogP contribution in [0.25, 0.3) is 0 Å². The van der Waals surface area contributed by atoms with Gasteiger partial charge in [0.15, 0.2) is 0 Å². The number of carboxylic acids is 1. The second-order valence-corrected chi connectivity index (χ2v) is 4.56. The highest BCUT2D eigenvalue weighted by molar-refractivity contribution is 9.10. The van der Waals surface area contributed by atoms with E-state index < -0.39 is 12.0 Å². The first-order valence-electron chi connectivity index (χ1n) is 4.80. The summed E-state index contributed by atoms with van der Waals surface area (Å²) in [6.07, 6.45) is -0.204. The molecule has 0 saturated heterocycles. The third-order valence-electron chi connectivity index (χ3n) is 2.47. The van der Waals surface area contributed by atoms with Crippen molar-refractivity contribution in [3.63, 3.8) is 0 Å². The maximum Gasteiger partial charge on any atom is 0.305 e. The molecule has 0 amide bonds. The molecule has 1 aromatic carbocycles. The zero-order valence-corrected chi connectivity index (χ0v) is 10.7. The van der Waals surface area contributed by atoms with Crippen LogP contribution in [0.3, 0.4) is 0 Å². The first-order valence-corrected chi connectivity index (χ1v) is 5.59. The average Bonchev–Trinajstić information content (AvgIpc) is 2.13. The number of carboxylic acid groups (broad SMARTS) is 1. The van der Waals surface area contributed by atoms with Gasteiger partial charge in [0.05, 0.1) is 6.42 Å². The summed E-state index contributed by atoms with van der Waals surface area (Å²) in [5.74, 6) is -0.935. The predicted molar refractivity (Wildman–Crippen MR) is 64.5 cm³/mol. The van der Waals surface area contributed by atoms with E-state index in [1.165, 1.54) is 0 Å². The number of nitrogens with two attached hydrogens (primary N) is 1. The number of aryl methyl sites for hydroxylation is 1. The highest BCUT2D eigenvalue weighted by Crippen LogP contribution is 2.35. The molecule has 0 fully saturated rings. The van der Waals surface area contributed by atoms with Crippen molar-refractivity contribution in [3.05, 3.63) is 27.2 Å². The van der Waals surface area contributed by atoms with Gasteiger partial charge in [-0.15, -0.1) is 0 Å².